The molecule has 120 valence electrons. The van der Waals surface area contributed by atoms with E-state index in [1.54, 1.807) is 24.3 Å². The number of nitrogens with one attached hydrogen (secondary N) is 2. The van der Waals surface area contributed by atoms with Gasteiger partial charge in [-0.25, -0.2) is 4.79 Å². The lowest BCUT2D eigenvalue weighted by molar-refractivity contribution is -0.894. The van der Waals surface area contributed by atoms with Gasteiger partial charge >= 0.3 is 6.03 Å². The summed E-state index contributed by atoms with van der Waals surface area (Å²) >= 11 is 5.81. The second-order valence-corrected chi connectivity index (χ2v) is 5.78. The Morgan fingerprint density at radius 2 is 2.14 bits per heavy atom. The van der Waals surface area contributed by atoms with Crippen LogP contribution in [0.3, 0.4) is 0 Å². The van der Waals surface area contributed by atoms with Crippen molar-refractivity contribution in [3.63, 3.8) is 0 Å². The summed E-state index contributed by atoms with van der Waals surface area (Å²) in [5.74, 6) is 0.592. The lowest BCUT2D eigenvalue weighted by Gasteiger charge is -2.23. The number of imide groups is 1. The average Bonchev–Trinajstić information content (AvgIpc) is 2.93. The number of likely N-dealkylation sites (N-methyl/N-ethyl adjacent to an activating group) is 1. The van der Waals surface area contributed by atoms with E-state index < -0.39 is 0 Å². The fourth-order valence-corrected chi connectivity index (χ4v) is 2.33. The first kappa shape index (κ1) is 16.6. The number of benzene rings is 1. The molecule has 0 radical (unpaired) electrons. The summed E-state index contributed by atoms with van der Waals surface area (Å²) < 4.78 is 5.62. The number of carbonyl (C=O) groups excluding carboxylic acids is 2. The molecule has 1 heterocycles. The molecule has 1 aliphatic rings. The maximum Gasteiger partial charge on any atom is 0.324 e. The quantitative estimate of drug-likeness (QED) is 0.783. The van der Waals surface area contributed by atoms with Gasteiger partial charge in [-0.1, -0.05) is 11.6 Å². The van der Waals surface area contributed by atoms with Crippen molar-refractivity contribution in [1.82, 2.24) is 10.2 Å². The molecule has 0 aromatic heterocycles. The minimum atomic E-state index is -0.304. The Morgan fingerprint density at radius 1 is 1.45 bits per heavy atom. The minimum Gasteiger partial charge on any atom is -0.488 e. The SMILES string of the molecule is C[C@@H](C(=O)N1CCNC1=O)[NH+](C)CCOc1ccc(Cl)cc1. The molecule has 6 nitrogen and oxygen atoms in total. The summed E-state index contributed by atoms with van der Waals surface area (Å²) in [6.45, 7) is 3.93. The Hall–Kier alpha value is -1.79. The van der Waals surface area contributed by atoms with Crippen molar-refractivity contribution < 1.29 is 19.2 Å². The third-order valence-corrected chi connectivity index (χ3v) is 4.06. The topological polar surface area (TPSA) is 63.1 Å². The van der Waals surface area contributed by atoms with Crippen LogP contribution in [0.15, 0.2) is 24.3 Å². The Labute approximate surface area is 135 Å². The molecule has 0 saturated carbocycles. The minimum absolute atomic E-state index is 0.154. The van der Waals surface area contributed by atoms with E-state index in [0.29, 0.717) is 31.3 Å². The standard InChI is InChI=1S/C15H20ClN3O3/c1-11(14(20)19-8-7-17-15(19)21)18(2)9-10-22-13-5-3-12(16)4-6-13/h3-6,11H,7-10H2,1-2H3,(H,17,21)/p+1/t11-/m0/s1. The average molecular weight is 327 g/mol. The van der Waals surface area contributed by atoms with Crippen molar-refractivity contribution in [1.29, 1.82) is 0 Å². The van der Waals surface area contributed by atoms with Crippen molar-refractivity contribution >= 4 is 23.5 Å². The number of quaternary nitrogens is 1. The van der Waals surface area contributed by atoms with Crippen LogP contribution in [-0.2, 0) is 4.79 Å². The van der Waals surface area contributed by atoms with Crippen LogP contribution in [0.2, 0.25) is 5.02 Å². The normalized spacial score (nSPS) is 17.0. The summed E-state index contributed by atoms with van der Waals surface area (Å²) in [6, 6.07) is 6.55. The van der Waals surface area contributed by atoms with Crippen molar-refractivity contribution in [2.75, 3.05) is 33.3 Å². The highest BCUT2D eigenvalue weighted by Crippen LogP contribution is 2.14. The van der Waals surface area contributed by atoms with Gasteiger partial charge in [-0.05, 0) is 31.2 Å². The Balaban J connectivity index is 1.78. The van der Waals surface area contributed by atoms with Gasteiger partial charge in [0.05, 0.1) is 7.05 Å². The highest BCUT2D eigenvalue weighted by Gasteiger charge is 2.33. The van der Waals surface area contributed by atoms with Crippen molar-refractivity contribution in [2.24, 2.45) is 0 Å². The first-order valence-electron chi connectivity index (χ1n) is 7.29. The van der Waals surface area contributed by atoms with Crippen LogP contribution >= 0.6 is 11.6 Å². The molecule has 0 spiro atoms. The molecule has 1 aromatic rings. The zero-order valence-corrected chi connectivity index (χ0v) is 13.5. The molecule has 22 heavy (non-hydrogen) atoms. The zero-order chi connectivity index (χ0) is 16.1. The number of hydrogen-bond acceptors (Lipinski definition) is 3. The van der Waals surface area contributed by atoms with E-state index in [4.69, 9.17) is 16.3 Å². The van der Waals surface area contributed by atoms with Crippen molar-refractivity contribution in [3.8, 4) is 5.75 Å². The molecule has 1 unspecified atom stereocenters. The van der Waals surface area contributed by atoms with Gasteiger partial charge in [0.25, 0.3) is 5.91 Å². The van der Waals surface area contributed by atoms with E-state index in [-0.39, 0.29) is 18.0 Å². The number of carbonyl (C=O) groups is 2. The summed E-state index contributed by atoms with van der Waals surface area (Å²) in [7, 11) is 1.92. The molecule has 3 amide bonds. The predicted octanol–water partition coefficient (Wildman–Crippen LogP) is 0.174. The zero-order valence-electron chi connectivity index (χ0n) is 12.8. The van der Waals surface area contributed by atoms with Crippen LogP contribution in [0, 0.1) is 0 Å². The predicted molar refractivity (Wildman–Crippen MR) is 83.3 cm³/mol. The highest BCUT2D eigenvalue weighted by molar-refractivity contribution is 6.30. The van der Waals surface area contributed by atoms with Gasteiger partial charge in [0.2, 0.25) is 0 Å². The molecule has 2 atom stereocenters. The third kappa shape index (κ3) is 4.11. The first-order valence-corrected chi connectivity index (χ1v) is 7.66. The highest BCUT2D eigenvalue weighted by atomic mass is 35.5. The van der Waals surface area contributed by atoms with Crippen LogP contribution in [0.5, 0.6) is 5.75 Å². The summed E-state index contributed by atoms with van der Waals surface area (Å²) in [5, 5.41) is 3.30. The molecular weight excluding hydrogens is 306 g/mol. The van der Waals surface area contributed by atoms with Crippen LogP contribution in [-0.4, -0.2) is 56.2 Å². The van der Waals surface area contributed by atoms with E-state index in [9.17, 15) is 9.59 Å². The molecule has 1 aromatic carbocycles. The van der Waals surface area contributed by atoms with E-state index in [2.05, 4.69) is 5.32 Å². The van der Waals surface area contributed by atoms with Gasteiger partial charge in [0, 0.05) is 18.1 Å². The molecule has 1 fully saturated rings. The van der Waals surface area contributed by atoms with E-state index in [1.165, 1.54) is 4.90 Å². The van der Waals surface area contributed by atoms with Gasteiger partial charge in [-0.3, -0.25) is 9.69 Å². The monoisotopic (exact) mass is 326 g/mol. The number of halogens is 1. The fourth-order valence-electron chi connectivity index (χ4n) is 2.20. The molecule has 0 bridgehead atoms. The number of urea groups is 1. The maximum absolute atomic E-state index is 12.3. The Bertz CT molecular complexity index is 535. The van der Waals surface area contributed by atoms with Gasteiger partial charge in [0.1, 0.15) is 18.9 Å². The van der Waals surface area contributed by atoms with Crippen molar-refractivity contribution in [3.05, 3.63) is 29.3 Å². The molecule has 2 rings (SSSR count). The molecule has 2 N–H and O–H groups in total. The smallest absolute Gasteiger partial charge is 0.324 e. The lowest BCUT2D eigenvalue weighted by atomic mass is 10.2. The van der Waals surface area contributed by atoms with Gasteiger partial charge < -0.3 is 15.0 Å². The van der Waals surface area contributed by atoms with Gasteiger partial charge in [-0.2, -0.15) is 0 Å². The van der Waals surface area contributed by atoms with Crippen molar-refractivity contribution in [2.45, 2.75) is 13.0 Å². The summed E-state index contributed by atoms with van der Waals surface area (Å²) in [5.41, 5.74) is 0. The van der Waals surface area contributed by atoms with Crippen LogP contribution in [0.4, 0.5) is 4.79 Å². The lowest BCUT2D eigenvalue weighted by Crippen LogP contribution is -3.14. The largest absolute Gasteiger partial charge is 0.488 e. The molecule has 1 aliphatic heterocycles. The fraction of sp³-hybridized carbons (Fsp3) is 0.467. The van der Waals surface area contributed by atoms with Crippen LogP contribution < -0.4 is 15.0 Å². The molecule has 0 aliphatic carbocycles. The van der Waals surface area contributed by atoms with Gasteiger partial charge in [0.15, 0.2) is 6.04 Å². The van der Waals surface area contributed by atoms with Gasteiger partial charge in [-0.15, -0.1) is 0 Å². The summed E-state index contributed by atoms with van der Waals surface area (Å²) in [6.07, 6.45) is 0. The number of amides is 3. The van der Waals surface area contributed by atoms with E-state index in [0.717, 1.165) is 10.6 Å². The maximum atomic E-state index is 12.3. The van der Waals surface area contributed by atoms with E-state index >= 15 is 0 Å². The van der Waals surface area contributed by atoms with Crippen LogP contribution in [0.25, 0.3) is 0 Å². The van der Waals surface area contributed by atoms with E-state index in [1.807, 2.05) is 14.0 Å². The second-order valence-electron chi connectivity index (χ2n) is 5.34. The third-order valence-electron chi connectivity index (χ3n) is 3.81. The Morgan fingerprint density at radius 3 is 2.73 bits per heavy atom. The Kier molecular flexibility index (Phi) is 5.63. The summed E-state index contributed by atoms with van der Waals surface area (Å²) in [4.78, 5) is 26.0. The number of ether oxygens (including phenoxy) is 1. The first-order chi connectivity index (χ1) is 10.5. The number of nitrogens with zero attached hydrogens (tertiary/aromatic N) is 1. The molecule has 1 saturated heterocycles. The number of rotatable bonds is 6. The molecule has 7 heteroatoms. The number of hydrogen-bond donors (Lipinski definition) is 2. The van der Waals surface area contributed by atoms with Crippen LogP contribution in [0.1, 0.15) is 6.92 Å². The second kappa shape index (κ2) is 7.47. The molecular formula is C15H21ClN3O3+.